The van der Waals surface area contributed by atoms with Crippen molar-refractivity contribution in [2.24, 2.45) is 0 Å². The first-order valence-corrected chi connectivity index (χ1v) is 13.7. The highest BCUT2D eigenvalue weighted by atomic mass is 16.5. The molecule has 0 radical (unpaired) electrons. The molecule has 1 amide bonds. The van der Waals surface area contributed by atoms with Crippen LogP contribution in [-0.2, 0) is 0 Å². The Morgan fingerprint density at radius 3 is 2.38 bits per heavy atom. The molecule has 37 heavy (non-hydrogen) atoms. The Hall–Kier alpha value is -3.28. The van der Waals surface area contributed by atoms with Crippen LogP contribution in [0.5, 0.6) is 11.5 Å². The van der Waals surface area contributed by atoms with E-state index in [1.165, 1.54) is 0 Å². The van der Waals surface area contributed by atoms with Gasteiger partial charge >= 0.3 is 0 Å². The highest BCUT2D eigenvalue weighted by Gasteiger charge is 2.42. The van der Waals surface area contributed by atoms with Crippen LogP contribution >= 0.6 is 0 Å². The molecule has 0 N–H and O–H groups in total. The van der Waals surface area contributed by atoms with E-state index in [-0.39, 0.29) is 17.1 Å². The lowest BCUT2D eigenvalue weighted by molar-refractivity contribution is 0.0724. The quantitative estimate of drug-likeness (QED) is 0.245. The number of amides is 1. The first-order valence-electron chi connectivity index (χ1n) is 13.7. The molecule has 2 heterocycles. The molecular formula is C31H39NO5. The van der Waals surface area contributed by atoms with Crippen LogP contribution in [0.15, 0.2) is 39.5 Å². The van der Waals surface area contributed by atoms with Crippen molar-refractivity contribution in [3.63, 3.8) is 0 Å². The third-order valence-electron chi connectivity index (χ3n) is 7.00. The second kappa shape index (κ2) is 11.8. The molecule has 2 aromatic carbocycles. The van der Waals surface area contributed by atoms with Crippen molar-refractivity contribution in [3.8, 4) is 11.5 Å². The van der Waals surface area contributed by atoms with Crippen LogP contribution < -0.4 is 14.9 Å². The Bertz CT molecular complexity index is 1330. The summed E-state index contributed by atoms with van der Waals surface area (Å²) in [7, 11) is 0. The molecule has 0 aliphatic carbocycles. The third kappa shape index (κ3) is 5.39. The molecule has 1 unspecified atom stereocenters. The lowest BCUT2D eigenvalue weighted by Crippen LogP contribution is -2.30. The first kappa shape index (κ1) is 26.8. The lowest BCUT2D eigenvalue weighted by atomic mass is 9.96. The smallest absolute Gasteiger partial charge is 0.290 e. The molecule has 0 bridgehead atoms. The van der Waals surface area contributed by atoms with Crippen LogP contribution in [0, 0.1) is 13.8 Å². The van der Waals surface area contributed by atoms with Gasteiger partial charge in [0.2, 0.25) is 5.76 Å². The van der Waals surface area contributed by atoms with Crippen molar-refractivity contribution in [1.82, 2.24) is 4.90 Å². The van der Waals surface area contributed by atoms with E-state index in [0.29, 0.717) is 47.8 Å². The number of aryl methyl sites for hydroxylation is 2. The molecule has 1 aliphatic rings. The van der Waals surface area contributed by atoms with E-state index in [4.69, 9.17) is 13.9 Å². The summed E-state index contributed by atoms with van der Waals surface area (Å²) >= 11 is 0. The second-order valence-corrected chi connectivity index (χ2v) is 9.93. The van der Waals surface area contributed by atoms with Crippen molar-refractivity contribution in [1.29, 1.82) is 0 Å². The van der Waals surface area contributed by atoms with Gasteiger partial charge in [0.1, 0.15) is 5.58 Å². The number of rotatable bonds is 12. The maximum atomic E-state index is 13.9. The molecule has 1 atom stereocenters. The number of carbonyl (C=O) groups is 1. The fraction of sp³-hybridized carbons (Fsp3) is 0.484. The summed E-state index contributed by atoms with van der Waals surface area (Å²) in [6.07, 6.45) is 6.11. The van der Waals surface area contributed by atoms with Gasteiger partial charge in [-0.25, -0.2) is 0 Å². The van der Waals surface area contributed by atoms with Gasteiger partial charge in [0, 0.05) is 6.54 Å². The molecule has 6 heteroatoms. The van der Waals surface area contributed by atoms with Crippen LogP contribution in [0.2, 0.25) is 0 Å². The SMILES string of the molecule is CCCCCOc1ccc(C2c3c(oc4cc(C)cc(C)c4c3=O)C(=O)N2CCCCC)cc1OCC. The Morgan fingerprint density at radius 1 is 0.892 bits per heavy atom. The Labute approximate surface area is 219 Å². The second-order valence-electron chi connectivity index (χ2n) is 9.93. The van der Waals surface area contributed by atoms with Gasteiger partial charge in [-0.1, -0.05) is 51.7 Å². The topological polar surface area (TPSA) is 69.0 Å². The number of fused-ring (bicyclic) bond motifs is 2. The van der Waals surface area contributed by atoms with Gasteiger partial charge in [0.25, 0.3) is 5.91 Å². The summed E-state index contributed by atoms with van der Waals surface area (Å²) in [4.78, 5) is 29.4. The fourth-order valence-corrected chi connectivity index (χ4v) is 5.24. The van der Waals surface area contributed by atoms with Crippen molar-refractivity contribution in [2.45, 2.75) is 79.2 Å². The minimum atomic E-state index is -0.533. The number of ether oxygens (including phenoxy) is 2. The van der Waals surface area contributed by atoms with Crippen LogP contribution in [0.1, 0.15) is 98.1 Å². The van der Waals surface area contributed by atoms with Gasteiger partial charge in [-0.3, -0.25) is 9.59 Å². The van der Waals surface area contributed by atoms with E-state index in [1.54, 1.807) is 4.90 Å². The van der Waals surface area contributed by atoms with Crippen molar-refractivity contribution < 1.29 is 18.7 Å². The molecule has 3 aromatic rings. The molecule has 0 saturated heterocycles. The molecular weight excluding hydrogens is 466 g/mol. The minimum absolute atomic E-state index is 0.136. The molecule has 1 aliphatic heterocycles. The molecule has 198 valence electrons. The standard InChI is InChI=1S/C31H39NO5/c1-6-9-11-15-32-28(22-13-14-23(24(19-22)35-8-3)36-16-12-10-7-2)27-29(33)26-21(5)17-20(4)18-25(26)37-30(27)31(32)34/h13-14,17-19,28H,6-12,15-16H2,1-5H3. The van der Waals surface area contributed by atoms with E-state index in [2.05, 4.69) is 13.8 Å². The Morgan fingerprint density at radius 2 is 1.65 bits per heavy atom. The van der Waals surface area contributed by atoms with Crippen LogP contribution in [0.3, 0.4) is 0 Å². The predicted molar refractivity (Wildman–Crippen MR) is 147 cm³/mol. The number of hydrogen-bond donors (Lipinski definition) is 0. The number of benzene rings is 2. The zero-order chi connectivity index (χ0) is 26.5. The van der Waals surface area contributed by atoms with Crippen LogP contribution in [0.4, 0.5) is 0 Å². The maximum Gasteiger partial charge on any atom is 0.290 e. The summed E-state index contributed by atoms with van der Waals surface area (Å²) in [5, 5.41) is 0.540. The maximum absolute atomic E-state index is 13.9. The van der Waals surface area contributed by atoms with Gasteiger partial charge < -0.3 is 18.8 Å². The number of carbonyl (C=O) groups excluding carboxylic acids is 1. The summed E-state index contributed by atoms with van der Waals surface area (Å²) in [6, 6.07) is 9.05. The largest absolute Gasteiger partial charge is 0.490 e. The normalized spacial score (nSPS) is 14.9. The Balaban J connectivity index is 1.83. The molecule has 6 nitrogen and oxygen atoms in total. The number of hydrogen-bond acceptors (Lipinski definition) is 5. The molecule has 0 spiro atoms. The molecule has 1 aromatic heterocycles. The van der Waals surface area contributed by atoms with Crippen molar-refractivity contribution >= 4 is 16.9 Å². The first-order chi connectivity index (χ1) is 17.9. The van der Waals surface area contributed by atoms with Gasteiger partial charge in [-0.2, -0.15) is 0 Å². The zero-order valence-corrected chi connectivity index (χ0v) is 22.8. The Kier molecular flexibility index (Phi) is 8.57. The lowest BCUT2D eigenvalue weighted by Gasteiger charge is -2.26. The number of nitrogens with zero attached hydrogens (tertiary/aromatic N) is 1. The molecule has 0 fully saturated rings. The summed E-state index contributed by atoms with van der Waals surface area (Å²) < 4.78 is 18.2. The highest BCUT2D eigenvalue weighted by Crippen LogP contribution is 2.41. The monoisotopic (exact) mass is 505 g/mol. The highest BCUT2D eigenvalue weighted by molar-refractivity contribution is 5.99. The van der Waals surface area contributed by atoms with Crippen molar-refractivity contribution in [3.05, 3.63) is 68.6 Å². The van der Waals surface area contributed by atoms with Gasteiger partial charge in [-0.05, 0) is 68.5 Å². The summed E-state index contributed by atoms with van der Waals surface area (Å²) in [5.41, 5.74) is 3.42. The zero-order valence-electron chi connectivity index (χ0n) is 22.8. The van der Waals surface area contributed by atoms with E-state index in [9.17, 15) is 9.59 Å². The molecule has 0 saturated carbocycles. The molecule has 4 rings (SSSR count). The van der Waals surface area contributed by atoms with E-state index in [1.807, 2.05) is 51.1 Å². The van der Waals surface area contributed by atoms with Gasteiger partial charge in [0.15, 0.2) is 16.9 Å². The predicted octanol–water partition coefficient (Wildman–Crippen LogP) is 7.11. The average molecular weight is 506 g/mol. The minimum Gasteiger partial charge on any atom is -0.490 e. The van der Waals surface area contributed by atoms with Crippen LogP contribution in [-0.4, -0.2) is 30.6 Å². The fourth-order valence-electron chi connectivity index (χ4n) is 5.24. The summed E-state index contributed by atoms with van der Waals surface area (Å²) in [5.74, 6) is 1.23. The third-order valence-corrected chi connectivity index (χ3v) is 7.00. The number of unbranched alkanes of at least 4 members (excludes halogenated alkanes) is 4. The van der Waals surface area contributed by atoms with Crippen molar-refractivity contribution in [2.75, 3.05) is 19.8 Å². The van der Waals surface area contributed by atoms with Gasteiger partial charge in [0.05, 0.1) is 30.2 Å². The average Bonchev–Trinajstić information content (AvgIpc) is 3.14. The van der Waals surface area contributed by atoms with E-state index >= 15 is 0 Å². The van der Waals surface area contributed by atoms with E-state index < -0.39 is 6.04 Å². The van der Waals surface area contributed by atoms with E-state index in [0.717, 1.165) is 55.2 Å². The van der Waals surface area contributed by atoms with Gasteiger partial charge in [-0.15, -0.1) is 0 Å². The van der Waals surface area contributed by atoms with Crippen LogP contribution in [0.25, 0.3) is 11.0 Å². The summed E-state index contributed by atoms with van der Waals surface area (Å²) in [6.45, 7) is 11.8.